The van der Waals surface area contributed by atoms with Gasteiger partial charge in [-0.1, -0.05) is 159 Å². The van der Waals surface area contributed by atoms with Crippen LogP contribution in [0.5, 0.6) is 11.5 Å². The number of para-hydroxylation sites is 2. The van der Waals surface area contributed by atoms with Crippen LogP contribution in [0.3, 0.4) is 0 Å². The summed E-state index contributed by atoms with van der Waals surface area (Å²) in [7, 11) is -5.01. The Hall–Kier alpha value is -3.41. The first-order valence-electron chi connectivity index (χ1n) is 25.0. The van der Waals surface area contributed by atoms with Crippen molar-refractivity contribution in [3.8, 4) is 11.5 Å². The summed E-state index contributed by atoms with van der Waals surface area (Å²) in [6.07, 6.45) is 0. The Bertz CT molecular complexity index is 2400. The minimum Gasteiger partial charge on any atom is -0.561 e. The Kier molecular flexibility index (Phi) is 19.2. The first-order valence-corrected chi connectivity index (χ1v) is 28.0. The number of halogens is 2. The van der Waals surface area contributed by atoms with Gasteiger partial charge < -0.3 is 40.9 Å². The number of hydrogen-bond acceptors (Lipinski definition) is 7. The SMILES string of the molecule is CC1(C)c2cccc([PH+](C(C)(C)C)C(C)(C)C)c2Oc2c([PH+](C(C)(C)C)C(C)(C)C)cccc21.F[CH-]F.[Pd+2].c1ccc(B2OB(c3ccccc3)O[B-]3(O2)OB(c2ccccc2)OB(c2ccccc2)O3)cc1. The van der Waals surface area contributed by atoms with Gasteiger partial charge in [-0.15, -0.1) is 0 Å². The zero-order chi connectivity index (χ0) is 52.3. The van der Waals surface area contributed by atoms with Gasteiger partial charge in [-0.3, -0.25) is 0 Å². The van der Waals surface area contributed by atoms with Gasteiger partial charge in [0, 0.05) is 32.4 Å². The van der Waals surface area contributed by atoms with Gasteiger partial charge in [0.15, 0.2) is 11.5 Å². The first-order chi connectivity index (χ1) is 33.9. The van der Waals surface area contributed by atoms with E-state index in [4.69, 9.17) is 32.2 Å². The van der Waals surface area contributed by atoms with Crippen molar-refractivity contribution >= 4 is 83.7 Å². The van der Waals surface area contributed by atoms with E-state index >= 15 is 0 Å². The zero-order valence-electron chi connectivity index (χ0n) is 44.9. The molecule has 0 bridgehead atoms. The van der Waals surface area contributed by atoms with Gasteiger partial charge in [0.1, 0.15) is 10.6 Å². The quantitative estimate of drug-likeness (QED) is 0.0935. The van der Waals surface area contributed by atoms with Crippen molar-refractivity contribution in [2.24, 2.45) is 0 Å². The fourth-order valence-electron chi connectivity index (χ4n) is 11.0. The van der Waals surface area contributed by atoms with Gasteiger partial charge in [-0.25, -0.2) is 0 Å². The number of benzene rings is 6. The number of fused-ring (bicyclic) bond motifs is 2. The molecular weight excluding hydrogens is 1050 g/mol. The topological polar surface area (TPSA) is 64.6 Å². The van der Waals surface area contributed by atoms with E-state index < -0.39 is 58.2 Å². The van der Waals surface area contributed by atoms with E-state index in [9.17, 15) is 8.78 Å². The van der Waals surface area contributed by atoms with Crippen molar-refractivity contribution in [1.29, 1.82) is 0 Å². The van der Waals surface area contributed by atoms with E-state index in [1.165, 1.54) is 21.7 Å². The van der Waals surface area contributed by atoms with E-state index in [0.29, 0.717) is 0 Å². The minimum absolute atomic E-state index is 0. The van der Waals surface area contributed by atoms with Gasteiger partial charge >= 0.3 is 55.9 Å². The van der Waals surface area contributed by atoms with Gasteiger partial charge in [0.25, 0.3) is 0 Å². The summed E-state index contributed by atoms with van der Waals surface area (Å²) in [6.45, 7) is 30.0. The van der Waals surface area contributed by atoms with Crippen LogP contribution in [0.15, 0.2) is 158 Å². The molecule has 17 heteroatoms. The molecule has 6 aromatic rings. The molecule has 0 radical (unpaired) electrons. The molecule has 3 heterocycles. The summed E-state index contributed by atoms with van der Waals surface area (Å²) in [5.41, 5.74) is 5.87. The van der Waals surface area contributed by atoms with Crippen molar-refractivity contribution in [3.05, 3.63) is 176 Å². The maximum absolute atomic E-state index is 9.50. The average molecular weight is 1120 g/mol. The zero-order valence-corrected chi connectivity index (χ0v) is 48.5. The van der Waals surface area contributed by atoms with Crippen molar-refractivity contribution in [2.45, 2.75) is 123 Å². The van der Waals surface area contributed by atoms with E-state index in [-0.39, 0.29) is 46.5 Å². The predicted molar refractivity (Wildman–Crippen MR) is 306 cm³/mol. The molecule has 0 aliphatic carbocycles. The Morgan fingerprint density at radius 1 is 0.411 bits per heavy atom. The molecule has 0 saturated carbocycles. The molecule has 2 saturated heterocycles. The molecular formula is C56H71B5F2O7P2Pd+2. The van der Waals surface area contributed by atoms with Gasteiger partial charge in [-0.2, -0.15) is 0 Å². The van der Waals surface area contributed by atoms with Crippen LogP contribution in [0.25, 0.3) is 0 Å². The van der Waals surface area contributed by atoms with Crippen LogP contribution in [-0.4, -0.2) is 56.1 Å². The van der Waals surface area contributed by atoms with Gasteiger partial charge in [0.2, 0.25) is 0 Å². The Labute approximate surface area is 452 Å². The normalized spacial score (nSPS) is 16.3. The van der Waals surface area contributed by atoms with Crippen LogP contribution in [0.2, 0.25) is 0 Å². The van der Waals surface area contributed by atoms with Crippen LogP contribution in [-0.2, 0) is 53.3 Å². The second-order valence-corrected chi connectivity index (χ2v) is 31.9. The van der Waals surface area contributed by atoms with Crippen molar-refractivity contribution < 1.29 is 61.4 Å². The third-order valence-electron chi connectivity index (χ3n) is 13.1. The number of hydrogen-bond donors (Lipinski definition) is 0. The van der Waals surface area contributed by atoms with Crippen LogP contribution in [0, 0.1) is 6.93 Å². The van der Waals surface area contributed by atoms with Crippen LogP contribution >= 0.6 is 15.8 Å². The molecule has 9 rings (SSSR count). The smallest absolute Gasteiger partial charge is 0.561 e. The van der Waals surface area contributed by atoms with Gasteiger partial charge in [-0.05, 0) is 124 Å². The molecule has 0 aromatic heterocycles. The van der Waals surface area contributed by atoms with Crippen LogP contribution in [0.4, 0.5) is 8.78 Å². The minimum atomic E-state index is -2.75. The Morgan fingerprint density at radius 2 is 0.658 bits per heavy atom. The Morgan fingerprint density at radius 3 is 0.890 bits per heavy atom. The van der Waals surface area contributed by atoms with E-state index in [0.717, 1.165) is 33.4 Å². The summed E-state index contributed by atoms with van der Waals surface area (Å²) >= 11 is 0. The molecule has 0 amide bonds. The average Bonchev–Trinajstić information content (AvgIpc) is 3.32. The first kappa shape index (κ1) is 58.8. The largest absolute Gasteiger partial charge is 2.00 e. The van der Waals surface area contributed by atoms with Crippen molar-refractivity contribution in [3.63, 3.8) is 0 Å². The molecule has 2 fully saturated rings. The molecule has 0 N–H and O–H groups in total. The van der Waals surface area contributed by atoms with Crippen LogP contribution in [0.1, 0.15) is 108 Å². The predicted octanol–water partition coefficient (Wildman–Crippen LogP) is 11.2. The second-order valence-electron chi connectivity index (χ2n) is 23.3. The number of ether oxygens (including phenoxy) is 1. The molecule has 3 aliphatic rings. The molecule has 0 unspecified atom stereocenters. The number of rotatable bonds is 6. The second kappa shape index (κ2) is 23.9. The summed E-state index contributed by atoms with van der Waals surface area (Å²) < 4.78 is 64.0. The van der Waals surface area contributed by atoms with E-state index in [1.54, 1.807) is 0 Å². The van der Waals surface area contributed by atoms with Gasteiger partial charge in [0.05, 0.1) is 20.6 Å². The molecule has 3 aliphatic heterocycles. The summed E-state index contributed by atoms with van der Waals surface area (Å²) in [5, 5.41) is 3.79. The Balaban J connectivity index is 0.000000223. The third kappa shape index (κ3) is 13.8. The maximum Gasteiger partial charge on any atom is 2.00 e. The molecule has 7 nitrogen and oxygen atoms in total. The monoisotopic (exact) mass is 1120 g/mol. The molecule has 6 aromatic carbocycles. The molecule has 0 atom stereocenters. The summed E-state index contributed by atoms with van der Waals surface area (Å²) in [4.78, 5) is 0. The molecule has 384 valence electrons. The van der Waals surface area contributed by atoms with Crippen LogP contribution < -0.4 is 37.2 Å². The van der Waals surface area contributed by atoms with Crippen molar-refractivity contribution in [1.82, 2.24) is 0 Å². The fourth-order valence-corrected chi connectivity index (χ4v) is 20.1. The molecule has 73 heavy (non-hydrogen) atoms. The summed E-state index contributed by atoms with van der Waals surface area (Å²) in [5.74, 6) is 2.30. The molecule has 1 spiro atoms. The van der Waals surface area contributed by atoms with E-state index in [1.807, 2.05) is 121 Å². The summed E-state index contributed by atoms with van der Waals surface area (Å²) in [6, 6.07) is 52.6. The maximum atomic E-state index is 9.50. The standard InChI is InChI=1S/C31H48OP2.C24H20B5O6.CHF2.Pd/c1-27(2,3)33(28(4,5)6)23-19-15-17-21-25(23)32-26-22(31(21,13)14)18-16-20-24(26)34(29(7,8)9)30(10,11)12;1-5-13-21(14-6-1)25-30-26(22-15-7-2-8-16-22)33-29(32-25)34-27(23-17-9-3-10-18-23)31-28(35-29)24-19-11-4-12-20-24;2-1-3;/h15-20H,1-14H3;1-20H;1H;/q;2*-1;+2/p+2. The van der Waals surface area contributed by atoms with Crippen molar-refractivity contribution in [2.75, 3.05) is 0 Å². The fraction of sp³-hybridized carbons (Fsp3) is 0.339. The van der Waals surface area contributed by atoms with E-state index in [2.05, 4.69) is 133 Å². The third-order valence-corrected chi connectivity index (χ3v) is 20.9.